The summed E-state index contributed by atoms with van der Waals surface area (Å²) in [4.78, 5) is 27.7. The van der Waals surface area contributed by atoms with Gasteiger partial charge < -0.3 is 10.6 Å². The van der Waals surface area contributed by atoms with Gasteiger partial charge in [-0.2, -0.15) is 0 Å². The van der Waals surface area contributed by atoms with E-state index in [1.807, 2.05) is 48.5 Å². The number of hydrogen-bond donors (Lipinski definition) is 2. The Balaban J connectivity index is 1.70. The number of pyridine rings is 1. The SMILES string of the molecule is CC(=O)Nc1ccc(CNC(=O)c2cccc3cccnc23)cc1. The maximum atomic E-state index is 12.4. The Labute approximate surface area is 139 Å². The summed E-state index contributed by atoms with van der Waals surface area (Å²) in [6.07, 6.45) is 1.68. The number of benzene rings is 2. The van der Waals surface area contributed by atoms with E-state index >= 15 is 0 Å². The highest BCUT2D eigenvalue weighted by atomic mass is 16.2. The first-order chi connectivity index (χ1) is 11.6. The van der Waals surface area contributed by atoms with Gasteiger partial charge in [0.05, 0.1) is 11.1 Å². The molecular weight excluding hydrogens is 302 g/mol. The average molecular weight is 319 g/mol. The minimum absolute atomic E-state index is 0.112. The van der Waals surface area contributed by atoms with E-state index in [1.165, 1.54) is 6.92 Å². The Morgan fingerprint density at radius 3 is 2.50 bits per heavy atom. The zero-order chi connectivity index (χ0) is 16.9. The summed E-state index contributed by atoms with van der Waals surface area (Å²) in [7, 11) is 0. The Morgan fingerprint density at radius 1 is 1.00 bits per heavy atom. The van der Waals surface area contributed by atoms with Crippen LogP contribution >= 0.6 is 0 Å². The predicted molar refractivity (Wildman–Crippen MR) is 93.7 cm³/mol. The van der Waals surface area contributed by atoms with Crippen molar-refractivity contribution in [3.05, 3.63) is 71.9 Å². The third-order valence-corrected chi connectivity index (χ3v) is 3.60. The number of carbonyl (C=O) groups excluding carboxylic acids is 2. The lowest BCUT2D eigenvalue weighted by molar-refractivity contribution is -0.114. The molecule has 0 radical (unpaired) electrons. The van der Waals surface area contributed by atoms with Crippen molar-refractivity contribution < 1.29 is 9.59 Å². The van der Waals surface area contributed by atoms with Gasteiger partial charge in [-0.15, -0.1) is 0 Å². The standard InChI is InChI=1S/C19H17N3O2/c1-13(23)22-16-9-7-14(8-10-16)12-21-19(24)17-6-2-4-15-5-3-11-20-18(15)17/h2-11H,12H2,1H3,(H,21,24)(H,22,23). The molecule has 1 aromatic heterocycles. The van der Waals surface area contributed by atoms with Crippen LogP contribution in [-0.4, -0.2) is 16.8 Å². The number of anilines is 1. The van der Waals surface area contributed by atoms with Gasteiger partial charge in [-0.05, 0) is 29.8 Å². The molecule has 2 amide bonds. The van der Waals surface area contributed by atoms with Crippen molar-refractivity contribution in [1.82, 2.24) is 10.3 Å². The number of amides is 2. The number of nitrogens with one attached hydrogen (secondary N) is 2. The molecule has 3 rings (SSSR count). The minimum Gasteiger partial charge on any atom is -0.348 e. The van der Waals surface area contributed by atoms with E-state index < -0.39 is 0 Å². The molecule has 0 atom stereocenters. The molecule has 0 bridgehead atoms. The molecule has 5 heteroatoms. The molecular formula is C19H17N3O2. The van der Waals surface area contributed by atoms with Crippen LogP contribution in [0.2, 0.25) is 0 Å². The smallest absolute Gasteiger partial charge is 0.253 e. The maximum Gasteiger partial charge on any atom is 0.253 e. The molecule has 0 unspecified atom stereocenters. The van der Waals surface area contributed by atoms with Gasteiger partial charge in [0.15, 0.2) is 0 Å². The van der Waals surface area contributed by atoms with Gasteiger partial charge in [0.25, 0.3) is 5.91 Å². The molecule has 1 heterocycles. The molecule has 2 N–H and O–H groups in total. The quantitative estimate of drug-likeness (QED) is 0.776. The zero-order valence-electron chi connectivity index (χ0n) is 13.2. The van der Waals surface area contributed by atoms with Crippen LogP contribution in [0.5, 0.6) is 0 Å². The number of fused-ring (bicyclic) bond motifs is 1. The molecule has 120 valence electrons. The van der Waals surface area contributed by atoms with Crippen molar-refractivity contribution in [2.24, 2.45) is 0 Å². The van der Waals surface area contributed by atoms with Crippen LogP contribution in [0.15, 0.2) is 60.8 Å². The largest absolute Gasteiger partial charge is 0.348 e. The lowest BCUT2D eigenvalue weighted by atomic mass is 10.1. The fourth-order valence-electron chi connectivity index (χ4n) is 2.47. The maximum absolute atomic E-state index is 12.4. The summed E-state index contributed by atoms with van der Waals surface area (Å²) in [6, 6.07) is 16.7. The van der Waals surface area contributed by atoms with E-state index in [-0.39, 0.29) is 11.8 Å². The fourth-order valence-corrected chi connectivity index (χ4v) is 2.47. The first-order valence-electron chi connectivity index (χ1n) is 7.62. The monoisotopic (exact) mass is 319 g/mol. The van der Waals surface area contributed by atoms with Crippen LogP contribution < -0.4 is 10.6 Å². The molecule has 0 fully saturated rings. The summed E-state index contributed by atoms with van der Waals surface area (Å²) in [5, 5.41) is 6.54. The number of nitrogens with zero attached hydrogens (tertiary/aromatic N) is 1. The van der Waals surface area contributed by atoms with Gasteiger partial charge in [0.1, 0.15) is 0 Å². The lowest BCUT2D eigenvalue weighted by Crippen LogP contribution is -2.23. The number of para-hydroxylation sites is 1. The number of aromatic nitrogens is 1. The van der Waals surface area contributed by atoms with Gasteiger partial charge in [-0.1, -0.05) is 30.3 Å². The van der Waals surface area contributed by atoms with Gasteiger partial charge in [-0.3, -0.25) is 14.6 Å². The molecule has 0 aliphatic carbocycles. The molecule has 3 aromatic rings. The Hall–Kier alpha value is -3.21. The van der Waals surface area contributed by atoms with E-state index in [0.29, 0.717) is 17.6 Å². The second-order valence-corrected chi connectivity index (χ2v) is 5.44. The van der Waals surface area contributed by atoms with Crippen molar-refractivity contribution in [3.63, 3.8) is 0 Å². The van der Waals surface area contributed by atoms with Crippen molar-refractivity contribution in [3.8, 4) is 0 Å². The summed E-state index contributed by atoms with van der Waals surface area (Å²) in [5.41, 5.74) is 2.93. The van der Waals surface area contributed by atoms with Gasteiger partial charge in [0, 0.05) is 30.7 Å². The Morgan fingerprint density at radius 2 is 1.75 bits per heavy atom. The molecule has 2 aromatic carbocycles. The highest BCUT2D eigenvalue weighted by molar-refractivity contribution is 6.05. The van der Waals surface area contributed by atoms with Crippen LogP contribution in [-0.2, 0) is 11.3 Å². The molecule has 24 heavy (non-hydrogen) atoms. The zero-order valence-corrected chi connectivity index (χ0v) is 13.2. The second-order valence-electron chi connectivity index (χ2n) is 5.44. The number of hydrogen-bond acceptors (Lipinski definition) is 3. The second kappa shape index (κ2) is 6.91. The Bertz CT molecular complexity index is 883. The Kier molecular flexibility index (Phi) is 4.52. The third kappa shape index (κ3) is 3.57. The average Bonchev–Trinajstić information content (AvgIpc) is 2.60. The van der Waals surface area contributed by atoms with E-state index in [0.717, 1.165) is 16.6 Å². The summed E-state index contributed by atoms with van der Waals surface area (Å²) >= 11 is 0. The van der Waals surface area contributed by atoms with Crippen LogP contribution in [0.3, 0.4) is 0 Å². The van der Waals surface area contributed by atoms with Gasteiger partial charge in [-0.25, -0.2) is 0 Å². The first-order valence-corrected chi connectivity index (χ1v) is 7.62. The summed E-state index contributed by atoms with van der Waals surface area (Å²) in [5.74, 6) is -0.273. The molecule has 0 spiro atoms. The van der Waals surface area contributed by atoms with Crippen molar-refractivity contribution >= 4 is 28.4 Å². The highest BCUT2D eigenvalue weighted by Crippen LogP contribution is 2.16. The third-order valence-electron chi connectivity index (χ3n) is 3.60. The molecule has 0 aliphatic rings. The highest BCUT2D eigenvalue weighted by Gasteiger charge is 2.10. The minimum atomic E-state index is -0.162. The molecule has 0 saturated heterocycles. The lowest BCUT2D eigenvalue weighted by Gasteiger charge is -2.08. The van der Waals surface area contributed by atoms with Crippen molar-refractivity contribution in [1.29, 1.82) is 0 Å². The van der Waals surface area contributed by atoms with E-state index in [1.54, 1.807) is 12.3 Å². The van der Waals surface area contributed by atoms with Crippen LogP contribution in [0.1, 0.15) is 22.8 Å². The molecule has 0 aliphatic heterocycles. The number of rotatable bonds is 4. The predicted octanol–water partition coefficient (Wildman–Crippen LogP) is 3.12. The number of carbonyl (C=O) groups is 2. The topological polar surface area (TPSA) is 71.1 Å². The summed E-state index contributed by atoms with van der Waals surface area (Å²) < 4.78 is 0. The van der Waals surface area contributed by atoms with Crippen LogP contribution in [0, 0.1) is 0 Å². The van der Waals surface area contributed by atoms with Gasteiger partial charge >= 0.3 is 0 Å². The van der Waals surface area contributed by atoms with Gasteiger partial charge in [0.2, 0.25) is 5.91 Å². The van der Waals surface area contributed by atoms with Crippen molar-refractivity contribution in [2.75, 3.05) is 5.32 Å². The van der Waals surface area contributed by atoms with Crippen LogP contribution in [0.4, 0.5) is 5.69 Å². The first kappa shape index (κ1) is 15.7. The molecule has 5 nitrogen and oxygen atoms in total. The molecule has 0 saturated carbocycles. The van der Waals surface area contributed by atoms with E-state index in [4.69, 9.17) is 0 Å². The van der Waals surface area contributed by atoms with Crippen LogP contribution in [0.25, 0.3) is 10.9 Å². The van der Waals surface area contributed by atoms with Crippen molar-refractivity contribution in [2.45, 2.75) is 13.5 Å². The fraction of sp³-hybridized carbons (Fsp3) is 0.105. The summed E-state index contributed by atoms with van der Waals surface area (Å²) in [6.45, 7) is 1.87. The normalized spacial score (nSPS) is 10.4. The van der Waals surface area contributed by atoms with E-state index in [2.05, 4.69) is 15.6 Å². The van der Waals surface area contributed by atoms with E-state index in [9.17, 15) is 9.59 Å².